The van der Waals surface area contributed by atoms with E-state index in [1.54, 1.807) is 6.92 Å². The van der Waals surface area contributed by atoms with Gasteiger partial charge in [-0.1, -0.05) is 26.7 Å². The number of rotatable bonds is 7. The molecule has 0 saturated carbocycles. The molecule has 5 nitrogen and oxygen atoms in total. The summed E-state index contributed by atoms with van der Waals surface area (Å²) in [6.45, 7) is 7.19. The van der Waals surface area contributed by atoms with Crippen molar-refractivity contribution in [3.8, 4) is 0 Å². The summed E-state index contributed by atoms with van der Waals surface area (Å²) >= 11 is 0. The van der Waals surface area contributed by atoms with Gasteiger partial charge in [0.25, 0.3) is 6.01 Å². The number of carbonyl (C=O) groups excluding carboxylic acids is 1. The number of nitrogens with one attached hydrogen (secondary N) is 1. The van der Waals surface area contributed by atoms with Gasteiger partial charge in [0.2, 0.25) is 0 Å². The van der Waals surface area contributed by atoms with Crippen molar-refractivity contribution in [3.05, 3.63) is 12.0 Å². The zero-order valence-corrected chi connectivity index (χ0v) is 10.7. The summed E-state index contributed by atoms with van der Waals surface area (Å²) in [5, 5.41) is 3.08. The molecule has 5 heteroatoms. The first-order chi connectivity index (χ1) is 8.21. The predicted octanol–water partition coefficient (Wildman–Crippen LogP) is 2.70. The van der Waals surface area contributed by atoms with Crippen molar-refractivity contribution >= 4 is 12.0 Å². The van der Waals surface area contributed by atoms with Gasteiger partial charge in [0, 0.05) is 6.54 Å². The molecule has 96 valence electrons. The van der Waals surface area contributed by atoms with E-state index in [1.807, 2.05) is 0 Å². The van der Waals surface area contributed by atoms with E-state index < -0.39 is 5.97 Å². The van der Waals surface area contributed by atoms with Crippen molar-refractivity contribution < 1.29 is 13.9 Å². The summed E-state index contributed by atoms with van der Waals surface area (Å²) in [5.41, 5.74) is 0.207. The predicted molar refractivity (Wildman–Crippen MR) is 65.0 cm³/mol. The molecule has 0 spiro atoms. The Bertz CT molecular complexity index is 345. The molecule has 0 fully saturated rings. The molecule has 0 aromatic carbocycles. The van der Waals surface area contributed by atoms with Crippen LogP contribution in [0.15, 0.2) is 10.7 Å². The molecular weight excluding hydrogens is 220 g/mol. The molecule has 1 aromatic rings. The lowest BCUT2D eigenvalue weighted by molar-refractivity contribution is 0.0519. The van der Waals surface area contributed by atoms with Gasteiger partial charge in [-0.05, 0) is 12.8 Å². The molecule has 0 saturated heterocycles. The van der Waals surface area contributed by atoms with Crippen LogP contribution in [0.5, 0.6) is 0 Å². The van der Waals surface area contributed by atoms with Crippen molar-refractivity contribution in [2.75, 3.05) is 18.5 Å². The lowest BCUT2D eigenvalue weighted by atomic mass is 10.0. The van der Waals surface area contributed by atoms with Crippen LogP contribution in [0.2, 0.25) is 0 Å². The van der Waals surface area contributed by atoms with Crippen LogP contribution >= 0.6 is 0 Å². The fourth-order valence-electron chi connectivity index (χ4n) is 1.46. The van der Waals surface area contributed by atoms with Gasteiger partial charge in [0.15, 0.2) is 5.69 Å². The minimum Gasteiger partial charge on any atom is -0.461 e. The fourth-order valence-corrected chi connectivity index (χ4v) is 1.46. The Balaban J connectivity index is 2.48. The third-order valence-electron chi connectivity index (χ3n) is 2.69. The Hall–Kier alpha value is -1.52. The van der Waals surface area contributed by atoms with Crippen LogP contribution in [0.3, 0.4) is 0 Å². The molecule has 0 radical (unpaired) electrons. The van der Waals surface area contributed by atoms with Crippen LogP contribution in [-0.2, 0) is 4.74 Å². The van der Waals surface area contributed by atoms with Crippen LogP contribution in [-0.4, -0.2) is 24.1 Å². The van der Waals surface area contributed by atoms with Crippen molar-refractivity contribution in [2.45, 2.75) is 33.6 Å². The molecule has 1 rings (SSSR count). The minimum atomic E-state index is -0.452. The molecule has 17 heavy (non-hydrogen) atoms. The number of hydrogen-bond donors (Lipinski definition) is 1. The Labute approximate surface area is 102 Å². The van der Waals surface area contributed by atoms with Gasteiger partial charge in [0.1, 0.15) is 6.26 Å². The molecule has 0 aliphatic carbocycles. The quantitative estimate of drug-likeness (QED) is 0.742. The summed E-state index contributed by atoms with van der Waals surface area (Å²) in [6, 6.07) is 0.375. The highest BCUT2D eigenvalue weighted by atomic mass is 16.5. The van der Waals surface area contributed by atoms with Gasteiger partial charge in [-0.15, -0.1) is 0 Å². The van der Waals surface area contributed by atoms with Gasteiger partial charge in [-0.25, -0.2) is 4.79 Å². The third kappa shape index (κ3) is 4.09. The molecule has 1 aromatic heterocycles. The summed E-state index contributed by atoms with van der Waals surface area (Å²) in [6.07, 6.45) is 3.52. The number of nitrogens with zero attached hydrogens (tertiary/aromatic N) is 1. The molecule has 1 heterocycles. The van der Waals surface area contributed by atoms with Gasteiger partial charge < -0.3 is 14.5 Å². The first-order valence-electron chi connectivity index (χ1n) is 6.07. The van der Waals surface area contributed by atoms with E-state index in [-0.39, 0.29) is 5.69 Å². The smallest absolute Gasteiger partial charge is 0.360 e. The Kier molecular flexibility index (Phi) is 5.52. The summed E-state index contributed by atoms with van der Waals surface area (Å²) < 4.78 is 9.97. The maximum Gasteiger partial charge on any atom is 0.360 e. The first-order valence-corrected chi connectivity index (χ1v) is 6.07. The highest BCUT2D eigenvalue weighted by Crippen LogP contribution is 2.12. The molecule has 0 aliphatic heterocycles. The van der Waals surface area contributed by atoms with E-state index in [1.165, 1.54) is 6.26 Å². The SMILES string of the molecule is CCOC(=O)c1coc(NCC(CC)CC)n1. The number of carbonyl (C=O) groups is 1. The zero-order valence-electron chi connectivity index (χ0n) is 10.7. The van der Waals surface area contributed by atoms with Crippen molar-refractivity contribution in [1.29, 1.82) is 0 Å². The highest BCUT2D eigenvalue weighted by molar-refractivity contribution is 5.87. The van der Waals surface area contributed by atoms with E-state index in [0.29, 0.717) is 18.5 Å². The van der Waals surface area contributed by atoms with Crippen LogP contribution in [0.4, 0.5) is 6.01 Å². The molecule has 0 atom stereocenters. The largest absolute Gasteiger partial charge is 0.461 e. The number of oxazole rings is 1. The average molecular weight is 240 g/mol. The Morgan fingerprint density at radius 2 is 2.18 bits per heavy atom. The third-order valence-corrected chi connectivity index (χ3v) is 2.69. The van der Waals surface area contributed by atoms with Crippen LogP contribution in [0, 0.1) is 5.92 Å². The van der Waals surface area contributed by atoms with Crippen LogP contribution in [0.1, 0.15) is 44.1 Å². The molecular formula is C12H20N2O3. The number of anilines is 1. The minimum absolute atomic E-state index is 0.207. The van der Waals surface area contributed by atoms with Gasteiger partial charge >= 0.3 is 5.97 Å². The van der Waals surface area contributed by atoms with Gasteiger partial charge in [-0.3, -0.25) is 0 Å². The number of aromatic nitrogens is 1. The molecule has 0 amide bonds. The average Bonchev–Trinajstić information content (AvgIpc) is 2.79. The number of esters is 1. The Morgan fingerprint density at radius 1 is 1.47 bits per heavy atom. The van der Waals surface area contributed by atoms with Crippen LogP contribution in [0.25, 0.3) is 0 Å². The fraction of sp³-hybridized carbons (Fsp3) is 0.667. The van der Waals surface area contributed by atoms with Gasteiger partial charge in [-0.2, -0.15) is 4.98 Å². The van der Waals surface area contributed by atoms with Crippen molar-refractivity contribution in [2.24, 2.45) is 5.92 Å². The normalized spacial score (nSPS) is 10.6. The summed E-state index contributed by atoms with van der Waals surface area (Å²) in [5.74, 6) is 0.139. The highest BCUT2D eigenvalue weighted by Gasteiger charge is 2.13. The first kappa shape index (κ1) is 13.5. The second kappa shape index (κ2) is 6.93. The Morgan fingerprint density at radius 3 is 2.76 bits per heavy atom. The molecule has 0 unspecified atom stereocenters. The van der Waals surface area contributed by atoms with Crippen molar-refractivity contribution in [3.63, 3.8) is 0 Å². The maximum absolute atomic E-state index is 11.3. The van der Waals surface area contributed by atoms with Crippen LogP contribution < -0.4 is 5.32 Å². The summed E-state index contributed by atoms with van der Waals surface area (Å²) in [7, 11) is 0. The van der Waals surface area contributed by atoms with Crippen molar-refractivity contribution in [1.82, 2.24) is 4.98 Å². The lowest BCUT2D eigenvalue weighted by Gasteiger charge is -2.11. The van der Waals surface area contributed by atoms with E-state index in [0.717, 1.165) is 19.4 Å². The van der Waals surface area contributed by atoms with Gasteiger partial charge in [0.05, 0.1) is 6.61 Å². The molecule has 0 aliphatic rings. The number of hydrogen-bond acceptors (Lipinski definition) is 5. The van der Waals surface area contributed by atoms with E-state index in [2.05, 4.69) is 24.1 Å². The maximum atomic E-state index is 11.3. The van der Waals surface area contributed by atoms with E-state index >= 15 is 0 Å². The standard InChI is InChI=1S/C12H20N2O3/c1-4-9(5-2)7-13-12-14-10(8-17-12)11(15)16-6-3/h8-9H,4-7H2,1-3H3,(H,13,14). The zero-order chi connectivity index (χ0) is 12.7. The topological polar surface area (TPSA) is 64.4 Å². The van der Waals surface area contributed by atoms with E-state index in [9.17, 15) is 4.79 Å². The second-order valence-corrected chi connectivity index (χ2v) is 3.82. The molecule has 1 N–H and O–H groups in total. The lowest BCUT2D eigenvalue weighted by Crippen LogP contribution is -2.13. The van der Waals surface area contributed by atoms with E-state index in [4.69, 9.17) is 9.15 Å². The monoisotopic (exact) mass is 240 g/mol. The molecule has 0 bridgehead atoms. The number of ether oxygens (including phenoxy) is 1. The summed E-state index contributed by atoms with van der Waals surface area (Å²) in [4.78, 5) is 15.4. The second-order valence-electron chi connectivity index (χ2n) is 3.82.